The molecule has 0 spiro atoms. The highest BCUT2D eigenvalue weighted by Crippen LogP contribution is 2.37. The zero-order valence-corrected chi connectivity index (χ0v) is 8.97. The minimum atomic E-state index is 0.968. The minimum Gasteiger partial charge on any atom is -0.0651 e. The lowest BCUT2D eigenvalue weighted by atomic mass is 9.71. The molecule has 0 amide bonds. The van der Waals surface area contributed by atoms with Gasteiger partial charge in [-0.15, -0.1) is 0 Å². The van der Waals surface area contributed by atoms with E-state index in [1.165, 1.54) is 38.5 Å². The van der Waals surface area contributed by atoms with Gasteiger partial charge in [0, 0.05) is 0 Å². The van der Waals surface area contributed by atoms with Gasteiger partial charge in [-0.2, -0.15) is 0 Å². The van der Waals surface area contributed by atoms with Crippen LogP contribution in [0.25, 0.3) is 0 Å². The SMILES string of the molecule is CCC(C)C1CCCCC1CC. The highest BCUT2D eigenvalue weighted by atomic mass is 14.3. The average Bonchev–Trinajstić information content (AvgIpc) is 2.16. The molecule has 1 fully saturated rings. The van der Waals surface area contributed by atoms with Gasteiger partial charge in [0.25, 0.3) is 0 Å². The Kier molecular flexibility index (Phi) is 4.11. The highest BCUT2D eigenvalue weighted by Gasteiger charge is 2.26. The van der Waals surface area contributed by atoms with E-state index >= 15 is 0 Å². The average molecular weight is 168 g/mol. The van der Waals surface area contributed by atoms with E-state index in [0.717, 1.165) is 17.8 Å². The fourth-order valence-corrected chi connectivity index (χ4v) is 2.80. The summed E-state index contributed by atoms with van der Waals surface area (Å²) in [5.41, 5.74) is 0. The summed E-state index contributed by atoms with van der Waals surface area (Å²) in [5, 5.41) is 0. The number of hydrogen-bond acceptors (Lipinski definition) is 0. The second kappa shape index (κ2) is 4.89. The third kappa shape index (κ3) is 2.24. The van der Waals surface area contributed by atoms with Crippen LogP contribution in [0.3, 0.4) is 0 Å². The molecule has 0 aromatic carbocycles. The maximum absolute atomic E-state index is 2.44. The van der Waals surface area contributed by atoms with Crippen LogP contribution in [-0.2, 0) is 0 Å². The molecular formula is C12H24. The molecule has 1 aliphatic rings. The molecule has 1 aliphatic carbocycles. The van der Waals surface area contributed by atoms with Crippen LogP contribution in [-0.4, -0.2) is 0 Å². The summed E-state index contributed by atoms with van der Waals surface area (Å²) in [5.74, 6) is 3.07. The first-order chi connectivity index (χ1) is 5.79. The van der Waals surface area contributed by atoms with E-state index in [2.05, 4.69) is 20.8 Å². The molecule has 0 bridgehead atoms. The van der Waals surface area contributed by atoms with Gasteiger partial charge in [-0.3, -0.25) is 0 Å². The largest absolute Gasteiger partial charge is 0.0651 e. The van der Waals surface area contributed by atoms with Crippen molar-refractivity contribution < 1.29 is 0 Å². The van der Waals surface area contributed by atoms with Crippen LogP contribution >= 0.6 is 0 Å². The lowest BCUT2D eigenvalue weighted by Gasteiger charge is -2.34. The van der Waals surface area contributed by atoms with Crippen LogP contribution < -0.4 is 0 Å². The third-order valence-corrected chi connectivity index (χ3v) is 3.87. The smallest absolute Gasteiger partial charge is 0.0360 e. The predicted molar refractivity (Wildman–Crippen MR) is 55.2 cm³/mol. The molecule has 0 nitrogen and oxygen atoms in total. The molecule has 72 valence electrons. The van der Waals surface area contributed by atoms with Crippen molar-refractivity contribution in [1.29, 1.82) is 0 Å². The second-order valence-corrected chi connectivity index (χ2v) is 4.50. The fourth-order valence-electron chi connectivity index (χ4n) is 2.80. The molecule has 0 heteroatoms. The maximum atomic E-state index is 2.44. The van der Waals surface area contributed by atoms with E-state index in [0.29, 0.717) is 0 Å². The molecule has 1 saturated carbocycles. The minimum absolute atomic E-state index is 0.968. The van der Waals surface area contributed by atoms with Crippen LogP contribution in [0, 0.1) is 17.8 Å². The van der Waals surface area contributed by atoms with Crippen LogP contribution in [0.1, 0.15) is 59.3 Å². The summed E-state index contributed by atoms with van der Waals surface area (Å²) in [6.45, 7) is 7.15. The van der Waals surface area contributed by atoms with Crippen LogP contribution in [0.15, 0.2) is 0 Å². The van der Waals surface area contributed by atoms with Crippen molar-refractivity contribution in [2.45, 2.75) is 59.3 Å². The molecule has 0 aliphatic heterocycles. The van der Waals surface area contributed by atoms with Crippen molar-refractivity contribution in [3.8, 4) is 0 Å². The maximum Gasteiger partial charge on any atom is -0.0360 e. The first-order valence-corrected chi connectivity index (χ1v) is 5.79. The van der Waals surface area contributed by atoms with Gasteiger partial charge in [0.2, 0.25) is 0 Å². The number of hydrogen-bond donors (Lipinski definition) is 0. The zero-order valence-electron chi connectivity index (χ0n) is 8.97. The van der Waals surface area contributed by atoms with Gasteiger partial charge in [0.1, 0.15) is 0 Å². The molecule has 0 saturated heterocycles. The highest BCUT2D eigenvalue weighted by molar-refractivity contribution is 4.77. The summed E-state index contributed by atoms with van der Waals surface area (Å²) in [6.07, 6.45) is 8.78. The van der Waals surface area contributed by atoms with Gasteiger partial charge in [-0.1, -0.05) is 52.9 Å². The molecule has 0 heterocycles. The molecule has 12 heavy (non-hydrogen) atoms. The zero-order chi connectivity index (χ0) is 8.97. The van der Waals surface area contributed by atoms with Crippen LogP contribution in [0.5, 0.6) is 0 Å². The van der Waals surface area contributed by atoms with E-state index in [-0.39, 0.29) is 0 Å². The molecule has 0 aromatic heterocycles. The van der Waals surface area contributed by atoms with Crippen LogP contribution in [0.4, 0.5) is 0 Å². The number of rotatable bonds is 3. The van der Waals surface area contributed by atoms with Gasteiger partial charge in [-0.05, 0) is 24.2 Å². The van der Waals surface area contributed by atoms with E-state index in [4.69, 9.17) is 0 Å². The predicted octanol–water partition coefficient (Wildman–Crippen LogP) is 4.25. The van der Waals surface area contributed by atoms with E-state index in [9.17, 15) is 0 Å². The lowest BCUT2D eigenvalue weighted by Crippen LogP contribution is -2.24. The Morgan fingerprint density at radius 2 is 1.83 bits per heavy atom. The Morgan fingerprint density at radius 1 is 1.17 bits per heavy atom. The standard InChI is InChI=1S/C12H24/c1-4-10(3)12-9-7-6-8-11(12)5-2/h10-12H,4-9H2,1-3H3. The Balaban J connectivity index is 2.46. The summed E-state index contributed by atoms with van der Waals surface area (Å²) >= 11 is 0. The lowest BCUT2D eigenvalue weighted by molar-refractivity contribution is 0.162. The molecule has 0 N–H and O–H groups in total. The quantitative estimate of drug-likeness (QED) is 0.591. The van der Waals surface area contributed by atoms with Gasteiger partial charge >= 0.3 is 0 Å². The van der Waals surface area contributed by atoms with Gasteiger partial charge in [-0.25, -0.2) is 0 Å². The van der Waals surface area contributed by atoms with Crippen molar-refractivity contribution in [3.63, 3.8) is 0 Å². The summed E-state index contributed by atoms with van der Waals surface area (Å²) in [4.78, 5) is 0. The Bertz CT molecular complexity index is 117. The van der Waals surface area contributed by atoms with Gasteiger partial charge in [0.05, 0.1) is 0 Å². The van der Waals surface area contributed by atoms with Crippen molar-refractivity contribution >= 4 is 0 Å². The van der Waals surface area contributed by atoms with Crippen molar-refractivity contribution in [3.05, 3.63) is 0 Å². The monoisotopic (exact) mass is 168 g/mol. The van der Waals surface area contributed by atoms with Crippen LogP contribution in [0.2, 0.25) is 0 Å². The fraction of sp³-hybridized carbons (Fsp3) is 1.00. The van der Waals surface area contributed by atoms with Gasteiger partial charge in [0.15, 0.2) is 0 Å². The van der Waals surface area contributed by atoms with E-state index in [1.807, 2.05) is 0 Å². The molecule has 3 unspecified atom stereocenters. The summed E-state index contributed by atoms with van der Waals surface area (Å²) < 4.78 is 0. The normalized spacial score (nSPS) is 33.2. The Morgan fingerprint density at radius 3 is 2.42 bits per heavy atom. The topological polar surface area (TPSA) is 0 Å². The van der Waals surface area contributed by atoms with Gasteiger partial charge < -0.3 is 0 Å². The van der Waals surface area contributed by atoms with Crippen molar-refractivity contribution in [2.75, 3.05) is 0 Å². The second-order valence-electron chi connectivity index (χ2n) is 4.50. The first kappa shape index (κ1) is 10.1. The molecular weight excluding hydrogens is 144 g/mol. The first-order valence-electron chi connectivity index (χ1n) is 5.79. The van der Waals surface area contributed by atoms with Crippen molar-refractivity contribution in [2.24, 2.45) is 17.8 Å². The summed E-state index contributed by atoms with van der Waals surface area (Å²) in [7, 11) is 0. The molecule has 3 atom stereocenters. The van der Waals surface area contributed by atoms with E-state index < -0.39 is 0 Å². The third-order valence-electron chi connectivity index (χ3n) is 3.87. The Labute approximate surface area is 77.7 Å². The summed E-state index contributed by atoms with van der Waals surface area (Å²) in [6, 6.07) is 0. The van der Waals surface area contributed by atoms with Crippen molar-refractivity contribution in [1.82, 2.24) is 0 Å². The molecule has 0 aromatic rings. The van der Waals surface area contributed by atoms with E-state index in [1.54, 1.807) is 0 Å². The molecule has 1 rings (SSSR count). The Hall–Kier alpha value is 0. The molecule has 0 radical (unpaired) electrons.